The highest BCUT2D eigenvalue weighted by atomic mass is 16.6. The van der Waals surface area contributed by atoms with Crippen LogP contribution in [0.5, 0.6) is 0 Å². The molecule has 0 radical (unpaired) electrons. The summed E-state index contributed by atoms with van der Waals surface area (Å²) in [6.07, 6.45) is 5.62. The lowest BCUT2D eigenvalue weighted by Crippen LogP contribution is -2.41. The Kier molecular flexibility index (Phi) is 2.83. The third kappa shape index (κ3) is 2.02. The van der Waals surface area contributed by atoms with E-state index in [0.717, 1.165) is 25.9 Å². The van der Waals surface area contributed by atoms with E-state index in [1.54, 1.807) is 10.9 Å². The molecule has 0 saturated carbocycles. The first-order chi connectivity index (χ1) is 8.69. The van der Waals surface area contributed by atoms with Crippen molar-refractivity contribution in [1.82, 2.24) is 9.78 Å². The Hall–Kier alpha value is -1.40. The summed E-state index contributed by atoms with van der Waals surface area (Å²) in [7, 11) is 0. The van der Waals surface area contributed by atoms with E-state index in [-0.39, 0.29) is 17.2 Å². The van der Waals surface area contributed by atoms with E-state index >= 15 is 0 Å². The van der Waals surface area contributed by atoms with Crippen molar-refractivity contribution in [3.05, 3.63) is 18.0 Å². The fraction of sp³-hybridized carbons (Fsp3) is 0.667. The Morgan fingerprint density at radius 1 is 1.56 bits per heavy atom. The summed E-state index contributed by atoms with van der Waals surface area (Å²) in [5.74, 6) is -0.938. The zero-order valence-corrected chi connectivity index (χ0v) is 10.0. The van der Waals surface area contributed by atoms with Gasteiger partial charge in [0.2, 0.25) is 0 Å². The lowest BCUT2D eigenvalue weighted by molar-refractivity contribution is -0.0962. The third-order valence-electron chi connectivity index (χ3n) is 3.76. The van der Waals surface area contributed by atoms with Crippen molar-refractivity contribution in [1.29, 1.82) is 0 Å². The monoisotopic (exact) mass is 252 g/mol. The van der Waals surface area contributed by atoms with Crippen LogP contribution in [-0.2, 0) is 9.47 Å². The van der Waals surface area contributed by atoms with Gasteiger partial charge in [0.1, 0.15) is 0 Å². The van der Waals surface area contributed by atoms with Crippen LogP contribution in [0.25, 0.3) is 0 Å². The Bertz CT molecular complexity index is 451. The van der Waals surface area contributed by atoms with Crippen molar-refractivity contribution in [3.8, 4) is 0 Å². The van der Waals surface area contributed by atoms with Gasteiger partial charge in [-0.25, -0.2) is 4.79 Å². The van der Waals surface area contributed by atoms with Crippen molar-refractivity contribution in [2.45, 2.75) is 30.9 Å². The molecule has 2 unspecified atom stereocenters. The van der Waals surface area contributed by atoms with Gasteiger partial charge >= 0.3 is 5.97 Å². The topological polar surface area (TPSA) is 73.6 Å². The summed E-state index contributed by atoms with van der Waals surface area (Å²) in [6, 6.07) is 0.202. The molecule has 3 rings (SSSR count). The quantitative estimate of drug-likeness (QED) is 0.853. The molecule has 1 aromatic heterocycles. The van der Waals surface area contributed by atoms with E-state index in [0.29, 0.717) is 13.2 Å². The van der Waals surface area contributed by atoms with Crippen LogP contribution in [0.2, 0.25) is 0 Å². The lowest BCUT2D eigenvalue weighted by Gasteiger charge is -2.37. The standard InChI is InChI=1S/C12H16N2O4/c15-11(16)9-6-13-14(7-9)10-1-3-18-12(5-10)2-4-17-8-12/h6-7,10H,1-5,8H2,(H,15,16). The van der Waals surface area contributed by atoms with Gasteiger partial charge in [-0.05, 0) is 6.42 Å². The van der Waals surface area contributed by atoms with E-state index in [2.05, 4.69) is 5.10 Å². The maximum atomic E-state index is 10.8. The van der Waals surface area contributed by atoms with Crippen LogP contribution in [0, 0.1) is 0 Å². The molecule has 1 aromatic rings. The van der Waals surface area contributed by atoms with Crippen molar-refractivity contribution >= 4 is 5.97 Å². The van der Waals surface area contributed by atoms with E-state index < -0.39 is 5.97 Å². The molecule has 3 heterocycles. The van der Waals surface area contributed by atoms with Crippen LogP contribution in [0.15, 0.2) is 12.4 Å². The summed E-state index contributed by atoms with van der Waals surface area (Å²) in [6.45, 7) is 2.05. The molecule has 1 N–H and O–H groups in total. The number of rotatable bonds is 2. The molecule has 18 heavy (non-hydrogen) atoms. The molecule has 2 aliphatic rings. The highest BCUT2D eigenvalue weighted by Gasteiger charge is 2.41. The number of aromatic nitrogens is 2. The van der Waals surface area contributed by atoms with Gasteiger partial charge in [0.15, 0.2) is 0 Å². The van der Waals surface area contributed by atoms with E-state index in [1.807, 2.05) is 0 Å². The van der Waals surface area contributed by atoms with Gasteiger partial charge in [0.05, 0.1) is 30.0 Å². The van der Waals surface area contributed by atoms with Crippen LogP contribution in [0.1, 0.15) is 35.7 Å². The van der Waals surface area contributed by atoms with Gasteiger partial charge in [0.25, 0.3) is 0 Å². The number of carboxylic acid groups (broad SMARTS) is 1. The van der Waals surface area contributed by atoms with Gasteiger partial charge in [0, 0.05) is 32.3 Å². The number of hydrogen-bond donors (Lipinski definition) is 1. The Morgan fingerprint density at radius 2 is 2.44 bits per heavy atom. The summed E-state index contributed by atoms with van der Waals surface area (Å²) < 4.78 is 13.0. The largest absolute Gasteiger partial charge is 0.478 e. The van der Waals surface area contributed by atoms with Gasteiger partial charge < -0.3 is 14.6 Å². The van der Waals surface area contributed by atoms with Crippen LogP contribution in [0.4, 0.5) is 0 Å². The summed E-state index contributed by atoms with van der Waals surface area (Å²) in [5.41, 5.74) is 0.0522. The highest BCUT2D eigenvalue weighted by Crippen LogP contribution is 2.37. The molecule has 2 saturated heterocycles. The van der Waals surface area contributed by atoms with Crippen molar-refractivity contribution in [2.24, 2.45) is 0 Å². The maximum Gasteiger partial charge on any atom is 0.338 e. The van der Waals surface area contributed by atoms with Gasteiger partial charge in [-0.3, -0.25) is 4.68 Å². The minimum atomic E-state index is -0.938. The molecule has 0 amide bonds. The fourth-order valence-electron chi connectivity index (χ4n) is 2.74. The lowest BCUT2D eigenvalue weighted by atomic mass is 9.90. The number of hydrogen-bond acceptors (Lipinski definition) is 4. The number of nitrogens with zero attached hydrogens (tertiary/aromatic N) is 2. The number of carbonyl (C=O) groups is 1. The second-order valence-corrected chi connectivity index (χ2v) is 4.99. The first-order valence-electron chi connectivity index (χ1n) is 6.18. The molecule has 6 heteroatoms. The zero-order chi connectivity index (χ0) is 12.6. The Morgan fingerprint density at radius 3 is 3.11 bits per heavy atom. The average molecular weight is 252 g/mol. The minimum Gasteiger partial charge on any atom is -0.478 e. The zero-order valence-electron chi connectivity index (χ0n) is 10.0. The van der Waals surface area contributed by atoms with Crippen LogP contribution < -0.4 is 0 Å². The third-order valence-corrected chi connectivity index (χ3v) is 3.76. The molecular formula is C12H16N2O4. The highest BCUT2D eigenvalue weighted by molar-refractivity contribution is 5.86. The van der Waals surface area contributed by atoms with Crippen LogP contribution >= 0.6 is 0 Å². The summed E-state index contributed by atoms with van der Waals surface area (Å²) in [4.78, 5) is 10.8. The molecular weight excluding hydrogens is 236 g/mol. The second-order valence-electron chi connectivity index (χ2n) is 4.99. The predicted octanol–water partition coefficient (Wildman–Crippen LogP) is 1.09. The Labute approximate surface area is 104 Å². The molecule has 98 valence electrons. The van der Waals surface area contributed by atoms with Gasteiger partial charge in [-0.2, -0.15) is 5.10 Å². The van der Waals surface area contributed by atoms with Crippen molar-refractivity contribution < 1.29 is 19.4 Å². The van der Waals surface area contributed by atoms with Gasteiger partial charge in [-0.1, -0.05) is 0 Å². The van der Waals surface area contributed by atoms with Crippen LogP contribution in [-0.4, -0.2) is 46.3 Å². The summed E-state index contributed by atoms with van der Waals surface area (Å²) >= 11 is 0. The Balaban J connectivity index is 1.76. The maximum absolute atomic E-state index is 10.8. The minimum absolute atomic E-state index is 0.182. The van der Waals surface area contributed by atoms with Gasteiger partial charge in [-0.15, -0.1) is 0 Å². The first-order valence-corrected chi connectivity index (χ1v) is 6.18. The molecule has 2 aliphatic heterocycles. The molecule has 6 nitrogen and oxygen atoms in total. The predicted molar refractivity (Wildman–Crippen MR) is 61.6 cm³/mol. The average Bonchev–Trinajstić information content (AvgIpc) is 2.98. The van der Waals surface area contributed by atoms with E-state index in [1.165, 1.54) is 6.20 Å². The smallest absolute Gasteiger partial charge is 0.338 e. The first kappa shape index (κ1) is 11.7. The number of carboxylic acids is 1. The van der Waals surface area contributed by atoms with Crippen molar-refractivity contribution in [2.75, 3.05) is 19.8 Å². The molecule has 1 spiro atoms. The molecule has 2 fully saturated rings. The SMILES string of the molecule is O=C(O)c1cnn(C2CCOC3(CCOC3)C2)c1. The van der Waals surface area contributed by atoms with Crippen LogP contribution in [0.3, 0.4) is 0 Å². The van der Waals surface area contributed by atoms with E-state index in [9.17, 15) is 4.79 Å². The van der Waals surface area contributed by atoms with E-state index in [4.69, 9.17) is 14.6 Å². The second kappa shape index (κ2) is 4.37. The molecule has 0 aliphatic carbocycles. The molecule has 0 bridgehead atoms. The molecule has 0 aromatic carbocycles. The number of ether oxygens (including phenoxy) is 2. The number of aromatic carboxylic acids is 1. The molecule has 2 atom stereocenters. The summed E-state index contributed by atoms with van der Waals surface area (Å²) in [5, 5.41) is 13.1. The normalized spacial score (nSPS) is 31.9. The fourth-order valence-corrected chi connectivity index (χ4v) is 2.74. The van der Waals surface area contributed by atoms with Crippen molar-refractivity contribution in [3.63, 3.8) is 0 Å².